The average Bonchev–Trinajstić information content (AvgIpc) is 3.18. The number of rotatable bonds is 8. The average molecular weight is 361 g/mol. The Hall–Kier alpha value is -2.18. The van der Waals surface area contributed by atoms with Crippen molar-refractivity contribution < 1.29 is 19.1 Å². The molecule has 0 bridgehead atoms. The predicted molar refractivity (Wildman–Crippen MR) is 99.1 cm³/mol. The van der Waals surface area contributed by atoms with Crippen LogP contribution in [0.1, 0.15) is 40.3 Å². The first-order chi connectivity index (χ1) is 11.9. The third kappa shape index (κ3) is 4.90. The van der Waals surface area contributed by atoms with Crippen molar-refractivity contribution >= 4 is 29.2 Å². The highest BCUT2D eigenvalue weighted by molar-refractivity contribution is 7.08. The van der Waals surface area contributed by atoms with E-state index in [4.69, 9.17) is 9.47 Å². The van der Waals surface area contributed by atoms with Crippen molar-refractivity contribution in [3.63, 3.8) is 0 Å². The lowest BCUT2D eigenvalue weighted by molar-refractivity contribution is -0.136. The first-order valence-electron chi connectivity index (χ1n) is 8.01. The van der Waals surface area contributed by atoms with Crippen LogP contribution in [-0.4, -0.2) is 36.6 Å². The van der Waals surface area contributed by atoms with Gasteiger partial charge in [0.2, 0.25) is 5.78 Å². The lowest BCUT2D eigenvalue weighted by Crippen LogP contribution is -2.16. The fourth-order valence-electron chi connectivity index (χ4n) is 2.85. The Kier molecular flexibility index (Phi) is 6.73. The minimum absolute atomic E-state index is 0.127. The molecule has 0 N–H and O–H groups in total. The molecule has 0 unspecified atom stereocenters. The number of nitrogens with zero attached hydrogens (tertiary/aromatic N) is 1. The second-order valence-corrected chi connectivity index (χ2v) is 6.66. The van der Waals surface area contributed by atoms with E-state index < -0.39 is 5.97 Å². The summed E-state index contributed by atoms with van der Waals surface area (Å²) < 4.78 is 12.3. The predicted octanol–water partition coefficient (Wildman–Crippen LogP) is 3.81. The Morgan fingerprint density at radius 2 is 2.12 bits per heavy atom. The molecule has 0 spiro atoms. The number of ether oxygens (including phenoxy) is 2. The van der Waals surface area contributed by atoms with Crippen molar-refractivity contribution in [3.05, 3.63) is 51.5 Å². The maximum absolute atomic E-state index is 12.4. The van der Waals surface area contributed by atoms with E-state index in [9.17, 15) is 9.59 Å². The molecule has 25 heavy (non-hydrogen) atoms. The summed E-state index contributed by atoms with van der Waals surface area (Å²) in [5.74, 6) is -0.734. The van der Waals surface area contributed by atoms with Crippen LogP contribution in [0.4, 0.5) is 0 Å². The number of Topliss-reactive ketones (excluding diaryl/α,β-unsaturated/α-hetero) is 1. The highest BCUT2D eigenvalue weighted by Gasteiger charge is 2.19. The van der Waals surface area contributed by atoms with Crippen LogP contribution in [0.15, 0.2) is 29.0 Å². The first-order valence-corrected chi connectivity index (χ1v) is 8.96. The molecule has 5 nitrogen and oxygen atoms in total. The van der Waals surface area contributed by atoms with Crippen LogP contribution in [0.3, 0.4) is 0 Å². The van der Waals surface area contributed by atoms with E-state index in [0.717, 1.165) is 17.0 Å². The van der Waals surface area contributed by atoms with E-state index in [1.54, 1.807) is 24.5 Å². The summed E-state index contributed by atoms with van der Waals surface area (Å²) in [5, 5.41) is 3.85. The Morgan fingerprint density at radius 3 is 2.76 bits per heavy atom. The summed E-state index contributed by atoms with van der Waals surface area (Å²) in [4.78, 5) is 24.1. The standard InChI is InChI=1S/C19H23NO4S/c1-13-9-17(15(3)20(13)14(2)10-23-4)18(21)11-24-19(22)6-5-16-7-8-25-12-16/h5-9,12,14H,10-11H2,1-4H3/b6-5+/t14-/m0/s1. The molecule has 0 aliphatic rings. The summed E-state index contributed by atoms with van der Waals surface area (Å²) in [5.41, 5.74) is 3.35. The van der Waals surface area contributed by atoms with Crippen LogP contribution >= 0.6 is 11.3 Å². The third-order valence-corrected chi connectivity index (χ3v) is 4.64. The highest BCUT2D eigenvalue weighted by atomic mass is 32.1. The SMILES string of the molecule is COC[C@H](C)n1c(C)cc(C(=O)COC(=O)/C=C/c2ccsc2)c1C. The maximum Gasteiger partial charge on any atom is 0.331 e. The Bertz CT molecular complexity index is 759. The van der Waals surface area contributed by atoms with Gasteiger partial charge >= 0.3 is 5.97 Å². The fourth-order valence-corrected chi connectivity index (χ4v) is 3.48. The van der Waals surface area contributed by atoms with Gasteiger partial charge in [-0.2, -0.15) is 11.3 Å². The van der Waals surface area contributed by atoms with Gasteiger partial charge in [-0.05, 0) is 55.3 Å². The molecule has 0 aliphatic carbocycles. The number of carbonyl (C=O) groups excluding carboxylic acids is 2. The molecule has 0 aliphatic heterocycles. The van der Waals surface area contributed by atoms with Gasteiger partial charge in [-0.15, -0.1) is 0 Å². The molecule has 2 rings (SSSR count). The fraction of sp³-hybridized carbons (Fsp3) is 0.368. The molecule has 134 valence electrons. The number of aromatic nitrogens is 1. The van der Waals surface area contributed by atoms with Crippen molar-refractivity contribution in [2.24, 2.45) is 0 Å². The molecule has 2 heterocycles. The zero-order valence-electron chi connectivity index (χ0n) is 14.9. The van der Waals surface area contributed by atoms with Crippen molar-refractivity contribution in [1.82, 2.24) is 4.57 Å². The van der Waals surface area contributed by atoms with Gasteiger partial charge < -0.3 is 14.0 Å². The van der Waals surface area contributed by atoms with Gasteiger partial charge in [0.05, 0.1) is 12.6 Å². The van der Waals surface area contributed by atoms with E-state index in [0.29, 0.717) is 12.2 Å². The minimum atomic E-state index is -0.527. The zero-order valence-corrected chi connectivity index (χ0v) is 15.8. The molecule has 0 radical (unpaired) electrons. The summed E-state index contributed by atoms with van der Waals surface area (Å²) in [6.07, 6.45) is 3.00. The second kappa shape index (κ2) is 8.78. The maximum atomic E-state index is 12.4. The molecule has 0 aromatic carbocycles. The first kappa shape index (κ1) is 19.1. The number of hydrogen-bond acceptors (Lipinski definition) is 5. The number of esters is 1. The van der Waals surface area contributed by atoms with Gasteiger partial charge in [0.25, 0.3) is 0 Å². The highest BCUT2D eigenvalue weighted by Crippen LogP contribution is 2.21. The summed E-state index contributed by atoms with van der Waals surface area (Å²) in [6, 6.07) is 3.86. The molecule has 6 heteroatoms. The van der Waals surface area contributed by atoms with Crippen molar-refractivity contribution in [1.29, 1.82) is 0 Å². The zero-order chi connectivity index (χ0) is 18.4. The normalized spacial score (nSPS) is 12.5. The second-order valence-electron chi connectivity index (χ2n) is 5.88. The van der Waals surface area contributed by atoms with Crippen LogP contribution in [0, 0.1) is 13.8 Å². The van der Waals surface area contributed by atoms with Gasteiger partial charge in [0.15, 0.2) is 6.61 Å². The number of thiophene rings is 1. The van der Waals surface area contributed by atoms with E-state index in [1.807, 2.05) is 43.7 Å². The third-order valence-electron chi connectivity index (χ3n) is 3.93. The Balaban J connectivity index is 1.99. The number of aryl methyl sites for hydroxylation is 1. The van der Waals surface area contributed by atoms with Crippen molar-refractivity contribution in [3.8, 4) is 0 Å². The number of ketones is 1. The van der Waals surface area contributed by atoms with Gasteiger partial charge in [0, 0.05) is 30.1 Å². The molecular formula is C19H23NO4S. The summed E-state index contributed by atoms with van der Waals surface area (Å²) >= 11 is 1.55. The Labute approximate surface area is 151 Å². The monoisotopic (exact) mass is 361 g/mol. The number of hydrogen-bond donors (Lipinski definition) is 0. The quantitative estimate of drug-likeness (QED) is 0.407. The van der Waals surface area contributed by atoms with E-state index >= 15 is 0 Å². The van der Waals surface area contributed by atoms with E-state index in [1.165, 1.54) is 6.08 Å². The van der Waals surface area contributed by atoms with Gasteiger partial charge in [-0.1, -0.05) is 0 Å². The number of carbonyl (C=O) groups is 2. The van der Waals surface area contributed by atoms with Crippen LogP contribution in [0.2, 0.25) is 0 Å². The molecule has 0 saturated carbocycles. The topological polar surface area (TPSA) is 57.5 Å². The van der Waals surface area contributed by atoms with Crippen LogP contribution in [0.25, 0.3) is 6.08 Å². The Morgan fingerprint density at radius 1 is 1.36 bits per heavy atom. The van der Waals surface area contributed by atoms with Crippen LogP contribution in [0.5, 0.6) is 0 Å². The smallest absolute Gasteiger partial charge is 0.331 e. The minimum Gasteiger partial charge on any atom is -0.454 e. The van der Waals surface area contributed by atoms with E-state index in [-0.39, 0.29) is 18.4 Å². The van der Waals surface area contributed by atoms with Gasteiger partial charge in [-0.3, -0.25) is 4.79 Å². The van der Waals surface area contributed by atoms with Crippen molar-refractivity contribution in [2.45, 2.75) is 26.8 Å². The molecule has 2 aromatic heterocycles. The van der Waals surface area contributed by atoms with E-state index in [2.05, 4.69) is 4.57 Å². The van der Waals surface area contributed by atoms with Crippen molar-refractivity contribution in [2.75, 3.05) is 20.3 Å². The molecule has 2 aromatic rings. The molecule has 1 atom stereocenters. The largest absolute Gasteiger partial charge is 0.454 e. The van der Waals surface area contributed by atoms with Crippen LogP contribution in [-0.2, 0) is 14.3 Å². The van der Waals surface area contributed by atoms with Gasteiger partial charge in [-0.25, -0.2) is 4.79 Å². The molecule has 0 fully saturated rings. The lowest BCUT2D eigenvalue weighted by atomic mass is 10.1. The molecule has 0 saturated heterocycles. The summed E-state index contributed by atoms with van der Waals surface area (Å²) in [6.45, 7) is 6.17. The van der Waals surface area contributed by atoms with Crippen LogP contribution < -0.4 is 0 Å². The molecular weight excluding hydrogens is 338 g/mol. The van der Waals surface area contributed by atoms with Gasteiger partial charge in [0.1, 0.15) is 0 Å². The summed E-state index contributed by atoms with van der Waals surface area (Å²) in [7, 11) is 1.65. The lowest BCUT2D eigenvalue weighted by Gasteiger charge is -2.17. The number of methoxy groups -OCH3 is 1. The molecule has 0 amide bonds.